The molecule has 0 fully saturated rings. The third kappa shape index (κ3) is 1.34. The van der Waals surface area contributed by atoms with Gasteiger partial charge in [-0.3, -0.25) is 0 Å². The standard InChI is InChI=1S/C9H8ClNOS/c1-12-8-6-3-2-5(11)4-7(6)13-9(8)10/h2-4H,11H2,1H3. The van der Waals surface area contributed by atoms with Gasteiger partial charge in [-0.1, -0.05) is 11.6 Å². The monoisotopic (exact) mass is 213 g/mol. The van der Waals surface area contributed by atoms with Gasteiger partial charge in [-0.2, -0.15) is 0 Å². The average Bonchev–Trinajstić information content (AvgIpc) is 2.39. The molecule has 0 saturated carbocycles. The first-order valence-electron chi connectivity index (χ1n) is 3.74. The van der Waals surface area contributed by atoms with Crippen LogP contribution in [-0.2, 0) is 0 Å². The molecule has 2 aromatic rings. The molecule has 68 valence electrons. The van der Waals surface area contributed by atoms with Crippen LogP contribution in [0.25, 0.3) is 10.1 Å². The van der Waals surface area contributed by atoms with Gasteiger partial charge in [0.1, 0.15) is 4.34 Å². The highest BCUT2D eigenvalue weighted by Crippen LogP contribution is 2.41. The molecule has 0 spiro atoms. The minimum atomic E-state index is 0.670. The van der Waals surface area contributed by atoms with Crippen molar-refractivity contribution in [2.45, 2.75) is 0 Å². The third-order valence-electron chi connectivity index (χ3n) is 1.83. The highest BCUT2D eigenvalue weighted by Gasteiger charge is 2.10. The van der Waals surface area contributed by atoms with Crippen molar-refractivity contribution in [3.63, 3.8) is 0 Å². The fraction of sp³-hybridized carbons (Fsp3) is 0.111. The maximum absolute atomic E-state index is 5.97. The van der Waals surface area contributed by atoms with E-state index >= 15 is 0 Å². The lowest BCUT2D eigenvalue weighted by Crippen LogP contribution is -1.83. The Bertz CT molecular complexity index is 452. The van der Waals surface area contributed by atoms with Gasteiger partial charge in [-0.25, -0.2) is 0 Å². The third-order valence-corrected chi connectivity index (χ3v) is 3.16. The molecule has 0 atom stereocenters. The summed E-state index contributed by atoms with van der Waals surface area (Å²) in [5, 5.41) is 1.02. The molecule has 0 bridgehead atoms. The van der Waals surface area contributed by atoms with Gasteiger partial charge >= 0.3 is 0 Å². The Morgan fingerprint density at radius 1 is 1.46 bits per heavy atom. The van der Waals surface area contributed by atoms with Gasteiger partial charge in [-0.15, -0.1) is 11.3 Å². The van der Waals surface area contributed by atoms with Crippen molar-refractivity contribution in [2.75, 3.05) is 12.8 Å². The molecule has 0 radical (unpaired) electrons. The normalized spacial score (nSPS) is 10.6. The van der Waals surface area contributed by atoms with E-state index in [2.05, 4.69) is 0 Å². The summed E-state index contributed by atoms with van der Waals surface area (Å²) in [5.41, 5.74) is 6.39. The predicted octanol–water partition coefficient (Wildman–Crippen LogP) is 3.15. The summed E-state index contributed by atoms with van der Waals surface area (Å²) in [6.45, 7) is 0. The number of hydrogen-bond acceptors (Lipinski definition) is 3. The molecule has 1 heterocycles. The highest BCUT2D eigenvalue weighted by molar-refractivity contribution is 7.23. The highest BCUT2D eigenvalue weighted by atomic mass is 35.5. The second kappa shape index (κ2) is 3.09. The van der Waals surface area contributed by atoms with Crippen molar-refractivity contribution in [3.8, 4) is 5.75 Å². The molecule has 2 rings (SSSR count). The van der Waals surface area contributed by atoms with Gasteiger partial charge < -0.3 is 10.5 Å². The Labute approximate surface area is 84.9 Å². The van der Waals surface area contributed by atoms with Gasteiger partial charge in [0, 0.05) is 15.8 Å². The summed E-state index contributed by atoms with van der Waals surface area (Å²) in [4.78, 5) is 0. The smallest absolute Gasteiger partial charge is 0.156 e. The van der Waals surface area contributed by atoms with Crippen LogP contribution in [-0.4, -0.2) is 7.11 Å². The Morgan fingerprint density at radius 3 is 2.92 bits per heavy atom. The minimum absolute atomic E-state index is 0.670. The summed E-state index contributed by atoms with van der Waals surface area (Å²) >= 11 is 7.45. The molecule has 2 nitrogen and oxygen atoms in total. The summed E-state index contributed by atoms with van der Waals surface area (Å²) < 4.78 is 6.90. The number of benzene rings is 1. The zero-order valence-electron chi connectivity index (χ0n) is 7.00. The Balaban J connectivity index is 2.79. The van der Waals surface area contributed by atoms with Crippen molar-refractivity contribution in [1.29, 1.82) is 0 Å². The lowest BCUT2D eigenvalue weighted by atomic mass is 10.2. The lowest BCUT2D eigenvalue weighted by Gasteiger charge is -1.97. The maximum Gasteiger partial charge on any atom is 0.156 e. The van der Waals surface area contributed by atoms with Gasteiger partial charge in [-0.05, 0) is 18.2 Å². The second-order valence-corrected chi connectivity index (χ2v) is 4.32. The van der Waals surface area contributed by atoms with Crippen LogP contribution >= 0.6 is 22.9 Å². The SMILES string of the molecule is COc1c(Cl)sc2cc(N)ccc12. The van der Waals surface area contributed by atoms with Gasteiger partial charge in [0.05, 0.1) is 7.11 Å². The van der Waals surface area contributed by atoms with Crippen LogP contribution in [0.2, 0.25) is 4.34 Å². The van der Waals surface area contributed by atoms with E-state index in [1.54, 1.807) is 7.11 Å². The van der Waals surface area contributed by atoms with Crippen molar-refractivity contribution in [3.05, 3.63) is 22.5 Å². The first kappa shape index (κ1) is 8.66. The number of nitrogen functional groups attached to an aromatic ring is 1. The van der Waals surface area contributed by atoms with Crippen molar-refractivity contribution >= 4 is 38.7 Å². The fourth-order valence-corrected chi connectivity index (χ4v) is 2.62. The van der Waals surface area contributed by atoms with Gasteiger partial charge in [0.25, 0.3) is 0 Å². The van der Waals surface area contributed by atoms with Crippen molar-refractivity contribution in [1.82, 2.24) is 0 Å². The van der Waals surface area contributed by atoms with E-state index in [-0.39, 0.29) is 0 Å². The Kier molecular flexibility index (Phi) is 2.06. The average molecular weight is 214 g/mol. The molecule has 1 aromatic carbocycles. The van der Waals surface area contributed by atoms with Crippen LogP contribution in [0.1, 0.15) is 0 Å². The molecule has 0 saturated heterocycles. The van der Waals surface area contributed by atoms with E-state index in [1.807, 2.05) is 18.2 Å². The summed E-state index contributed by atoms with van der Waals surface area (Å²) in [7, 11) is 1.61. The zero-order valence-corrected chi connectivity index (χ0v) is 8.58. The van der Waals surface area contributed by atoms with Gasteiger partial charge in [0.15, 0.2) is 5.75 Å². The minimum Gasteiger partial charge on any atom is -0.494 e. The number of hydrogen-bond donors (Lipinski definition) is 1. The first-order valence-corrected chi connectivity index (χ1v) is 4.93. The van der Waals surface area contributed by atoms with Crippen molar-refractivity contribution in [2.24, 2.45) is 0 Å². The second-order valence-electron chi connectivity index (χ2n) is 2.66. The Hall–Kier alpha value is -0.930. The summed E-state index contributed by atoms with van der Waals surface area (Å²) in [6, 6.07) is 5.66. The van der Waals surface area contributed by atoms with E-state index in [0.717, 1.165) is 21.5 Å². The van der Waals surface area contributed by atoms with Gasteiger partial charge in [0.2, 0.25) is 0 Å². The quantitative estimate of drug-likeness (QED) is 0.739. The molecular formula is C9H8ClNOS. The van der Waals surface area contributed by atoms with E-state index < -0.39 is 0 Å². The Morgan fingerprint density at radius 2 is 2.23 bits per heavy atom. The van der Waals surface area contributed by atoms with Crippen LogP contribution in [0.3, 0.4) is 0 Å². The van der Waals surface area contributed by atoms with Crippen LogP contribution < -0.4 is 10.5 Å². The molecule has 0 aliphatic carbocycles. The fourth-order valence-electron chi connectivity index (χ4n) is 1.25. The maximum atomic E-state index is 5.97. The number of nitrogens with two attached hydrogens (primary N) is 1. The predicted molar refractivity (Wildman–Crippen MR) is 57.8 cm³/mol. The molecule has 0 aliphatic heterocycles. The number of halogens is 1. The van der Waals surface area contributed by atoms with Crippen LogP contribution in [0.15, 0.2) is 18.2 Å². The van der Waals surface area contributed by atoms with E-state index in [9.17, 15) is 0 Å². The molecule has 2 N–H and O–H groups in total. The molecule has 0 unspecified atom stereocenters. The number of ether oxygens (including phenoxy) is 1. The topological polar surface area (TPSA) is 35.2 Å². The lowest BCUT2D eigenvalue weighted by molar-refractivity contribution is 0.421. The number of rotatable bonds is 1. The molecule has 0 amide bonds. The van der Waals surface area contributed by atoms with Crippen LogP contribution in [0, 0.1) is 0 Å². The van der Waals surface area contributed by atoms with E-state index in [0.29, 0.717) is 4.34 Å². The number of thiophene rings is 1. The molecule has 13 heavy (non-hydrogen) atoms. The molecule has 0 aliphatic rings. The summed E-state index contributed by atoms with van der Waals surface area (Å²) in [5.74, 6) is 0.738. The van der Waals surface area contributed by atoms with E-state index in [1.165, 1.54) is 11.3 Å². The summed E-state index contributed by atoms with van der Waals surface area (Å²) in [6.07, 6.45) is 0. The largest absolute Gasteiger partial charge is 0.494 e. The van der Waals surface area contributed by atoms with Crippen LogP contribution in [0.5, 0.6) is 5.75 Å². The molecule has 1 aromatic heterocycles. The van der Waals surface area contributed by atoms with Crippen molar-refractivity contribution < 1.29 is 4.74 Å². The molecular weight excluding hydrogens is 206 g/mol. The zero-order chi connectivity index (χ0) is 9.42. The number of fused-ring (bicyclic) bond motifs is 1. The number of anilines is 1. The number of methoxy groups -OCH3 is 1. The first-order chi connectivity index (χ1) is 6.22. The van der Waals surface area contributed by atoms with Crippen LogP contribution in [0.4, 0.5) is 5.69 Å². The molecule has 4 heteroatoms. The van der Waals surface area contributed by atoms with E-state index in [4.69, 9.17) is 22.1 Å².